The van der Waals surface area contributed by atoms with Crippen LogP contribution in [0.25, 0.3) is 0 Å². The zero-order valence-corrected chi connectivity index (χ0v) is 15.4. The molecule has 0 amide bonds. The van der Waals surface area contributed by atoms with Crippen molar-refractivity contribution >= 4 is 22.9 Å². The summed E-state index contributed by atoms with van der Waals surface area (Å²) < 4.78 is 5.84. The summed E-state index contributed by atoms with van der Waals surface area (Å²) in [4.78, 5) is 27.7. The van der Waals surface area contributed by atoms with Crippen molar-refractivity contribution in [1.29, 1.82) is 0 Å². The highest BCUT2D eigenvalue weighted by Gasteiger charge is 2.35. The maximum atomic E-state index is 13.0. The number of carbonyl (C=O) groups excluding carboxylic acids is 2. The smallest absolute Gasteiger partial charge is 0.198 e. The molecule has 0 bridgehead atoms. The maximum absolute atomic E-state index is 13.0. The first-order valence-corrected chi connectivity index (χ1v) is 8.67. The molecule has 6 nitrogen and oxygen atoms in total. The van der Waals surface area contributed by atoms with Gasteiger partial charge in [0, 0.05) is 43.0 Å². The Hall–Kier alpha value is -3.80. The molecule has 3 aromatic rings. The van der Waals surface area contributed by atoms with Crippen molar-refractivity contribution in [2.24, 2.45) is 0 Å². The lowest BCUT2D eigenvalue weighted by atomic mass is 9.82. The number of nitrogen functional groups attached to an aromatic ring is 1. The second kappa shape index (κ2) is 6.42. The SMILES string of the molecule is CN(C)c1cccc(Oc2cc(O)c3c(c2N)C(=O)c2ccccc2C3=O)c1. The number of anilines is 2. The fraction of sp³-hybridized carbons (Fsp3) is 0.0909. The van der Waals surface area contributed by atoms with E-state index >= 15 is 0 Å². The van der Waals surface area contributed by atoms with Crippen LogP contribution in [0.15, 0.2) is 54.6 Å². The van der Waals surface area contributed by atoms with Crippen LogP contribution >= 0.6 is 0 Å². The zero-order chi connectivity index (χ0) is 20.0. The zero-order valence-electron chi connectivity index (χ0n) is 15.4. The van der Waals surface area contributed by atoms with Gasteiger partial charge in [-0.1, -0.05) is 30.3 Å². The van der Waals surface area contributed by atoms with Gasteiger partial charge in [-0.3, -0.25) is 9.59 Å². The maximum Gasteiger partial charge on any atom is 0.198 e. The van der Waals surface area contributed by atoms with Crippen LogP contribution in [0.3, 0.4) is 0 Å². The van der Waals surface area contributed by atoms with Crippen LogP contribution in [0.5, 0.6) is 17.2 Å². The fourth-order valence-electron chi connectivity index (χ4n) is 3.31. The minimum atomic E-state index is -0.435. The van der Waals surface area contributed by atoms with Gasteiger partial charge >= 0.3 is 0 Å². The van der Waals surface area contributed by atoms with E-state index in [2.05, 4.69) is 0 Å². The molecule has 140 valence electrons. The highest BCUT2D eigenvalue weighted by atomic mass is 16.5. The summed E-state index contributed by atoms with van der Waals surface area (Å²) in [5.74, 6) is -0.572. The number of hydrogen-bond donors (Lipinski definition) is 2. The van der Waals surface area contributed by atoms with Gasteiger partial charge < -0.3 is 20.5 Å². The van der Waals surface area contributed by atoms with Gasteiger partial charge in [-0.15, -0.1) is 0 Å². The minimum absolute atomic E-state index is 0.0240. The number of rotatable bonds is 3. The Morgan fingerprint density at radius 1 is 0.893 bits per heavy atom. The third-order valence-electron chi connectivity index (χ3n) is 4.74. The quantitative estimate of drug-likeness (QED) is 0.420. The van der Waals surface area contributed by atoms with Crippen LogP contribution in [0.4, 0.5) is 11.4 Å². The number of fused-ring (bicyclic) bond motifs is 2. The Kier molecular flexibility index (Phi) is 4.04. The average Bonchev–Trinajstić information content (AvgIpc) is 2.69. The summed E-state index contributed by atoms with van der Waals surface area (Å²) in [7, 11) is 3.81. The monoisotopic (exact) mass is 374 g/mol. The number of phenolic OH excluding ortho intramolecular Hbond substituents is 1. The van der Waals surface area contributed by atoms with Crippen molar-refractivity contribution in [2.45, 2.75) is 0 Å². The van der Waals surface area contributed by atoms with E-state index in [1.54, 1.807) is 36.4 Å². The molecule has 6 heteroatoms. The van der Waals surface area contributed by atoms with Crippen LogP contribution in [-0.2, 0) is 0 Å². The molecule has 0 aliphatic heterocycles. The van der Waals surface area contributed by atoms with Gasteiger partial charge in [-0.25, -0.2) is 0 Å². The third kappa shape index (κ3) is 2.66. The number of carbonyl (C=O) groups is 2. The molecule has 0 spiro atoms. The third-order valence-corrected chi connectivity index (χ3v) is 4.74. The molecule has 0 heterocycles. The lowest BCUT2D eigenvalue weighted by molar-refractivity contribution is 0.0977. The van der Waals surface area contributed by atoms with Gasteiger partial charge in [0.25, 0.3) is 0 Å². The lowest BCUT2D eigenvalue weighted by Crippen LogP contribution is -2.22. The highest BCUT2D eigenvalue weighted by Crippen LogP contribution is 2.42. The van der Waals surface area contributed by atoms with Gasteiger partial charge in [0.1, 0.15) is 11.5 Å². The summed E-state index contributed by atoms with van der Waals surface area (Å²) in [6.45, 7) is 0. The molecular formula is C22H18N2O4. The molecule has 28 heavy (non-hydrogen) atoms. The van der Waals surface area contributed by atoms with Crippen molar-refractivity contribution in [3.8, 4) is 17.2 Å². The Bertz CT molecular complexity index is 1140. The van der Waals surface area contributed by atoms with E-state index in [0.29, 0.717) is 5.75 Å². The average molecular weight is 374 g/mol. The van der Waals surface area contributed by atoms with E-state index in [4.69, 9.17) is 10.5 Å². The van der Waals surface area contributed by atoms with Crippen molar-refractivity contribution in [1.82, 2.24) is 0 Å². The summed E-state index contributed by atoms with van der Waals surface area (Å²) in [6, 6.07) is 15.0. The highest BCUT2D eigenvalue weighted by molar-refractivity contribution is 6.31. The summed E-state index contributed by atoms with van der Waals surface area (Å²) in [6.07, 6.45) is 0. The summed E-state index contributed by atoms with van der Waals surface area (Å²) in [5.41, 5.74) is 7.55. The van der Waals surface area contributed by atoms with Crippen LogP contribution < -0.4 is 15.4 Å². The molecule has 1 aliphatic rings. The first-order valence-electron chi connectivity index (χ1n) is 8.67. The lowest BCUT2D eigenvalue weighted by Gasteiger charge is -2.22. The van der Waals surface area contributed by atoms with Crippen molar-refractivity contribution < 1.29 is 19.4 Å². The first kappa shape index (κ1) is 17.6. The second-order valence-electron chi connectivity index (χ2n) is 6.76. The summed E-state index contributed by atoms with van der Waals surface area (Å²) in [5, 5.41) is 10.5. The predicted octanol–water partition coefficient (Wildman–Crippen LogP) is 3.61. The number of benzene rings is 3. The molecule has 0 fully saturated rings. The van der Waals surface area contributed by atoms with E-state index in [0.717, 1.165) is 5.69 Å². The van der Waals surface area contributed by atoms with E-state index in [-0.39, 0.29) is 39.4 Å². The normalized spacial score (nSPS) is 12.4. The molecule has 3 aromatic carbocycles. The number of ether oxygens (including phenoxy) is 1. The van der Waals surface area contributed by atoms with E-state index in [1.807, 2.05) is 31.1 Å². The van der Waals surface area contributed by atoms with Crippen LogP contribution in [-0.4, -0.2) is 30.8 Å². The van der Waals surface area contributed by atoms with Gasteiger partial charge in [0.2, 0.25) is 0 Å². The number of phenols is 1. The fourth-order valence-corrected chi connectivity index (χ4v) is 3.31. The second-order valence-corrected chi connectivity index (χ2v) is 6.76. The van der Waals surface area contributed by atoms with E-state index in [1.165, 1.54) is 6.07 Å². The van der Waals surface area contributed by atoms with Crippen LogP contribution in [0, 0.1) is 0 Å². The number of aromatic hydroxyl groups is 1. The first-order chi connectivity index (χ1) is 13.4. The molecule has 0 unspecified atom stereocenters. The Balaban J connectivity index is 1.83. The molecule has 0 radical (unpaired) electrons. The Labute approximate surface area is 161 Å². The van der Waals surface area contributed by atoms with E-state index < -0.39 is 11.6 Å². The topological polar surface area (TPSA) is 92.9 Å². The number of nitrogens with two attached hydrogens (primary N) is 1. The van der Waals surface area contributed by atoms with Gasteiger partial charge in [-0.05, 0) is 12.1 Å². The van der Waals surface area contributed by atoms with E-state index in [9.17, 15) is 14.7 Å². The molecule has 0 saturated carbocycles. The minimum Gasteiger partial charge on any atom is -0.507 e. The molecule has 1 aliphatic carbocycles. The number of ketones is 2. The van der Waals surface area contributed by atoms with Crippen LogP contribution in [0.1, 0.15) is 31.8 Å². The molecule has 0 aromatic heterocycles. The molecule has 4 rings (SSSR count). The van der Waals surface area contributed by atoms with Gasteiger partial charge in [0.05, 0.1) is 16.8 Å². The van der Waals surface area contributed by atoms with Gasteiger partial charge in [0.15, 0.2) is 17.3 Å². The van der Waals surface area contributed by atoms with Crippen LogP contribution in [0.2, 0.25) is 0 Å². The Morgan fingerprint density at radius 2 is 1.54 bits per heavy atom. The molecular weight excluding hydrogens is 356 g/mol. The van der Waals surface area contributed by atoms with Crippen molar-refractivity contribution in [3.05, 3.63) is 76.9 Å². The summed E-state index contributed by atoms with van der Waals surface area (Å²) >= 11 is 0. The van der Waals surface area contributed by atoms with Crippen molar-refractivity contribution in [2.75, 3.05) is 24.7 Å². The largest absolute Gasteiger partial charge is 0.507 e. The molecule has 3 N–H and O–H groups in total. The molecule has 0 atom stereocenters. The standard InChI is InChI=1S/C22H18N2O4/c1-24(2)12-6-5-7-13(10-12)28-17-11-16(25)18-19(20(17)23)22(27)15-9-4-3-8-14(15)21(18)26/h3-11,25H,23H2,1-2H3. The predicted molar refractivity (Wildman–Crippen MR) is 107 cm³/mol. The molecule has 0 saturated heterocycles. The van der Waals surface area contributed by atoms with Crippen molar-refractivity contribution in [3.63, 3.8) is 0 Å². The number of hydrogen-bond acceptors (Lipinski definition) is 6. The van der Waals surface area contributed by atoms with Gasteiger partial charge in [-0.2, -0.15) is 0 Å². The Morgan fingerprint density at radius 3 is 2.18 bits per heavy atom. The number of nitrogens with zero attached hydrogens (tertiary/aromatic N) is 1.